The smallest absolute Gasteiger partial charge is 0.224 e. The molecule has 0 unspecified atom stereocenters. The number of hydrogen-bond donors (Lipinski definition) is 1. The Morgan fingerprint density at radius 3 is 2.81 bits per heavy atom. The van der Waals surface area contributed by atoms with Crippen LogP contribution in [0.2, 0.25) is 10.0 Å². The molecule has 2 heterocycles. The third-order valence-corrected chi connectivity index (χ3v) is 7.92. The van der Waals surface area contributed by atoms with Crippen molar-refractivity contribution in [1.82, 2.24) is 15.1 Å². The number of halogens is 2. The van der Waals surface area contributed by atoms with Crippen LogP contribution in [-0.2, 0) is 11.2 Å². The second-order valence-corrected chi connectivity index (χ2v) is 9.58. The molecule has 1 aromatic heterocycles. The molecule has 0 bridgehead atoms. The number of benzene rings is 1. The van der Waals surface area contributed by atoms with Gasteiger partial charge in [0.05, 0.1) is 27.8 Å². The van der Waals surface area contributed by atoms with E-state index in [1.54, 1.807) is 12.1 Å². The van der Waals surface area contributed by atoms with Gasteiger partial charge in [-0.25, -0.2) is 4.68 Å². The Kier molecular flexibility index (Phi) is 6.83. The molecule has 0 saturated carbocycles. The van der Waals surface area contributed by atoms with Crippen LogP contribution < -0.4 is 5.32 Å². The standard InChI is InChI=1S/C18H21Cl2N3OS2/c1-11-15(8-18(24)21-9-14-10-25-5-6-26-14)12(2)23(22-11)13-3-4-16(19)17(20)7-13/h3-4,7,14H,5-6,8-10H2,1-2H3,(H,21,24)/t14-/m1/s1. The maximum atomic E-state index is 12.4. The van der Waals surface area contributed by atoms with Gasteiger partial charge in [-0.05, 0) is 32.0 Å². The van der Waals surface area contributed by atoms with Crippen LogP contribution in [0, 0.1) is 13.8 Å². The number of carbonyl (C=O) groups excluding carboxylic acids is 1. The zero-order valence-electron chi connectivity index (χ0n) is 14.7. The molecule has 0 radical (unpaired) electrons. The minimum Gasteiger partial charge on any atom is -0.355 e. The molecule has 26 heavy (non-hydrogen) atoms. The third kappa shape index (κ3) is 4.71. The Balaban J connectivity index is 1.69. The minimum atomic E-state index is 0.0426. The topological polar surface area (TPSA) is 46.9 Å². The van der Waals surface area contributed by atoms with Crippen molar-refractivity contribution < 1.29 is 4.79 Å². The first-order valence-corrected chi connectivity index (χ1v) is 11.4. The molecule has 0 spiro atoms. The van der Waals surface area contributed by atoms with Crippen molar-refractivity contribution in [2.75, 3.05) is 23.8 Å². The Morgan fingerprint density at radius 1 is 1.31 bits per heavy atom. The van der Waals surface area contributed by atoms with E-state index >= 15 is 0 Å². The maximum absolute atomic E-state index is 12.4. The first-order valence-electron chi connectivity index (χ1n) is 8.42. The zero-order valence-corrected chi connectivity index (χ0v) is 17.9. The molecule has 140 valence electrons. The number of hydrogen-bond acceptors (Lipinski definition) is 4. The van der Waals surface area contributed by atoms with Gasteiger partial charge in [0, 0.05) is 40.3 Å². The van der Waals surface area contributed by atoms with Gasteiger partial charge >= 0.3 is 0 Å². The van der Waals surface area contributed by atoms with Crippen LogP contribution in [0.15, 0.2) is 18.2 Å². The van der Waals surface area contributed by atoms with Crippen molar-refractivity contribution in [3.05, 3.63) is 45.2 Å². The van der Waals surface area contributed by atoms with Crippen molar-refractivity contribution in [2.45, 2.75) is 25.5 Å². The van der Waals surface area contributed by atoms with Crippen LogP contribution in [0.25, 0.3) is 5.69 Å². The van der Waals surface area contributed by atoms with Crippen molar-refractivity contribution in [3.63, 3.8) is 0 Å². The lowest BCUT2D eigenvalue weighted by atomic mass is 10.1. The summed E-state index contributed by atoms with van der Waals surface area (Å²) in [7, 11) is 0. The minimum absolute atomic E-state index is 0.0426. The number of rotatable bonds is 5. The number of aromatic nitrogens is 2. The molecule has 3 rings (SSSR count). The van der Waals surface area contributed by atoms with Gasteiger partial charge in [0.1, 0.15) is 0 Å². The van der Waals surface area contributed by atoms with Crippen molar-refractivity contribution >= 4 is 52.6 Å². The first kappa shape index (κ1) is 19.9. The lowest BCUT2D eigenvalue weighted by molar-refractivity contribution is -0.120. The average molecular weight is 430 g/mol. The Bertz CT molecular complexity index is 804. The average Bonchev–Trinajstić information content (AvgIpc) is 2.91. The largest absolute Gasteiger partial charge is 0.355 e. The van der Waals surface area contributed by atoms with E-state index < -0.39 is 0 Å². The fourth-order valence-corrected chi connectivity index (χ4v) is 5.81. The number of carbonyl (C=O) groups is 1. The molecular formula is C18H21Cl2N3OS2. The number of nitrogens with zero attached hydrogens (tertiary/aromatic N) is 2. The molecule has 8 heteroatoms. The SMILES string of the molecule is Cc1nn(-c2ccc(Cl)c(Cl)c2)c(C)c1CC(=O)NC[C@@H]1CSCCS1. The second kappa shape index (κ2) is 8.91. The highest BCUT2D eigenvalue weighted by Crippen LogP contribution is 2.26. The van der Waals surface area contributed by atoms with Crippen LogP contribution >= 0.6 is 46.7 Å². The molecule has 0 aliphatic carbocycles. The molecule has 1 N–H and O–H groups in total. The molecule has 1 atom stereocenters. The Hall–Kier alpha value is -0.820. The predicted molar refractivity (Wildman–Crippen MR) is 113 cm³/mol. The van der Waals surface area contributed by atoms with Crippen molar-refractivity contribution in [2.24, 2.45) is 0 Å². The monoisotopic (exact) mass is 429 g/mol. The molecule has 4 nitrogen and oxygen atoms in total. The van der Waals surface area contributed by atoms with E-state index in [9.17, 15) is 4.79 Å². The second-order valence-electron chi connectivity index (χ2n) is 6.21. The highest BCUT2D eigenvalue weighted by Gasteiger charge is 2.18. The molecule has 1 fully saturated rings. The number of amides is 1. The van der Waals surface area contributed by atoms with E-state index in [1.807, 2.05) is 48.1 Å². The van der Waals surface area contributed by atoms with Gasteiger partial charge in [-0.3, -0.25) is 4.79 Å². The molecule has 1 amide bonds. The van der Waals surface area contributed by atoms with E-state index in [2.05, 4.69) is 10.4 Å². The van der Waals surface area contributed by atoms with E-state index in [4.69, 9.17) is 23.2 Å². The fourth-order valence-electron chi connectivity index (χ4n) is 2.90. The summed E-state index contributed by atoms with van der Waals surface area (Å²) in [4.78, 5) is 12.4. The summed E-state index contributed by atoms with van der Waals surface area (Å²) >= 11 is 16.0. The molecule has 1 aliphatic heterocycles. The zero-order chi connectivity index (χ0) is 18.7. The fraction of sp³-hybridized carbons (Fsp3) is 0.444. The summed E-state index contributed by atoms with van der Waals surface area (Å²) in [5, 5.41) is 9.16. The summed E-state index contributed by atoms with van der Waals surface area (Å²) in [6, 6.07) is 5.41. The Labute approximate surface area is 172 Å². The summed E-state index contributed by atoms with van der Waals surface area (Å²) in [6.07, 6.45) is 0.337. The predicted octanol–water partition coefficient (Wildman–Crippen LogP) is 4.30. The quantitative estimate of drug-likeness (QED) is 0.768. The summed E-state index contributed by atoms with van der Waals surface area (Å²) < 4.78 is 1.81. The van der Waals surface area contributed by atoms with Gasteiger partial charge < -0.3 is 5.32 Å². The van der Waals surface area contributed by atoms with E-state index in [0.29, 0.717) is 21.7 Å². The van der Waals surface area contributed by atoms with Gasteiger partial charge in [-0.2, -0.15) is 28.6 Å². The van der Waals surface area contributed by atoms with E-state index in [1.165, 1.54) is 11.5 Å². The Morgan fingerprint density at radius 2 is 2.12 bits per heavy atom. The van der Waals surface area contributed by atoms with Crippen LogP contribution in [-0.4, -0.2) is 44.7 Å². The molecule has 1 aliphatic rings. The van der Waals surface area contributed by atoms with Crippen LogP contribution in [0.5, 0.6) is 0 Å². The van der Waals surface area contributed by atoms with Gasteiger partial charge in [-0.15, -0.1) is 0 Å². The van der Waals surface area contributed by atoms with E-state index in [0.717, 1.165) is 34.9 Å². The lowest BCUT2D eigenvalue weighted by Gasteiger charge is -2.21. The molecular weight excluding hydrogens is 409 g/mol. The summed E-state index contributed by atoms with van der Waals surface area (Å²) in [5.74, 6) is 3.53. The molecule has 2 aromatic rings. The van der Waals surface area contributed by atoms with Crippen LogP contribution in [0.3, 0.4) is 0 Å². The molecule has 1 saturated heterocycles. The van der Waals surface area contributed by atoms with Gasteiger partial charge in [-0.1, -0.05) is 23.2 Å². The number of aryl methyl sites for hydroxylation is 1. The van der Waals surface area contributed by atoms with Crippen molar-refractivity contribution in [1.29, 1.82) is 0 Å². The lowest BCUT2D eigenvalue weighted by Crippen LogP contribution is -2.34. The third-order valence-electron chi connectivity index (χ3n) is 4.34. The first-order chi connectivity index (χ1) is 12.5. The van der Waals surface area contributed by atoms with Crippen LogP contribution in [0.1, 0.15) is 17.0 Å². The maximum Gasteiger partial charge on any atom is 0.224 e. The highest BCUT2D eigenvalue weighted by atomic mass is 35.5. The number of nitrogens with one attached hydrogen (secondary N) is 1. The highest BCUT2D eigenvalue weighted by molar-refractivity contribution is 8.06. The summed E-state index contributed by atoms with van der Waals surface area (Å²) in [6.45, 7) is 4.63. The molecule has 1 aromatic carbocycles. The summed E-state index contributed by atoms with van der Waals surface area (Å²) in [5.41, 5.74) is 3.59. The van der Waals surface area contributed by atoms with Gasteiger partial charge in [0.25, 0.3) is 0 Å². The van der Waals surface area contributed by atoms with E-state index in [-0.39, 0.29) is 5.91 Å². The normalized spacial score (nSPS) is 17.3. The number of thioether (sulfide) groups is 2. The van der Waals surface area contributed by atoms with Crippen LogP contribution in [0.4, 0.5) is 0 Å². The van der Waals surface area contributed by atoms with Crippen molar-refractivity contribution in [3.8, 4) is 5.69 Å². The van der Waals surface area contributed by atoms with Gasteiger partial charge in [0.2, 0.25) is 5.91 Å². The van der Waals surface area contributed by atoms with Gasteiger partial charge in [0.15, 0.2) is 0 Å².